The SMILES string of the molecule is Br.Cl.[Cr].[Cr]. The van der Waals surface area contributed by atoms with Gasteiger partial charge in [0.1, 0.15) is 0 Å². The van der Waals surface area contributed by atoms with E-state index in [4.69, 9.17) is 0 Å². The van der Waals surface area contributed by atoms with Crippen LogP contribution in [0.25, 0.3) is 0 Å². The van der Waals surface area contributed by atoms with Crippen LogP contribution in [0.5, 0.6) is 0 Å². The summed E-state index contributed by atoms with van der Waals surface area (Å²) in [5.74, 6) is 0. The van der Waals surface area contributed by atoms with E-state index in [0.717, 1.165) is 0 Å². The standard InChI is InChI=1S/BrH.ClH.2Cr/h2*1H;;. The molecule has 0 spiro atoms. The van der Waals surface area contributed by atoms with Gasteiger partial charge in [0, 0.05) is 34.7 Å². The van der Waals surface area contributed by atoms with Gasteiger partial charge in [-0.1, -0.05) is 0 Å². The van der Waals surface area contributed by atoms with Crippen molar-refractivity contribution in [3.8, 4) is 0 Å². The van der Waals surface area contributed by atoms with Crippen molar-refractivity contribution in [2.24, 2.45) is 0 Å². The minimum atomic E-state index is 0. The van der Waals surface area contributed by atoms with Crippen LogP contribution >= 0.6 is 29.4 Å². The molecular formula is H2BrClCr2. The molecule has 0 radical (unpaired) electrons. The van der Waals surface area contributed by atoms with E-state index in [9.17, 15) is 0 Å². The summed E-state index contributed by atoms with van der Waals surface area (Å²) in [6, 6.07) is 0. The smallest absolute Gasteiger partial charge is 0 e. The monoisotopic (exact) mass is 220 g/mol. The van der Waals surface area contributed by atoms with Gasteiger partial charge in [0.15, 0.2) is 0 Å². The van der Waals surface area contributed by atoms with Gasteiger partial charge in [-0.05, 0) is 0 Å². The fourth-order valence-electron chi connectivity index (χ4n) is 0. The summed E-state index contributed by atoms with van der Waals surface area (Å²) in [4.78, 5) is 0. The molecule has 4 heavy (non-hydrogen) atoms. The van der Waals surface area contributed by atoms with E-state index in [1.54, 1.807) is 0 Å². The van der Waals surface area contributed by atoms with Crippen LogP contribution in [0.2, 0.25) is 0 Å². The van der Waals surface area contributed by atoms with Gasteiger partial charge in [0.25, 0.3) is 0 Å². The van der Waals surface area contributed by atoms with Crippen LogP contribution in [0.1, 0.15) is 0 Å². The maximum atomic E-state index is 0. The molecule has 0 bridgehead atoms. The van der Waals surface area contributed by atoms with E-state index < -0.39 is 0 Å². The van der Waals surface area contributed by atoms with Crippen LogP contribution in [0.4, 0.5) is 0 Å². The van der Waals surface area contributed by atoms with Crippen LogP contribution in [-0.4, -0.2) is 0 Å². The predicted molar refractivity (Wildman–Crippen MR) is 17.6 cm³/mol. The first kappa shape index (κ1) is 40.5. The van der Waals surface area contributed by atoms with Crippen molar-refractivity contribution in [1.29, 1.82) is 0 Å². The summed E-state index contributed by atoms with van der Waals surface area (Å²) in [6.07, 6.45) is 0. The Morgan fingerprint density at radius 1 is 0.750 bits per heavy atom. The van der Waals surface area contributed by atoms with Gasteiger partial charge in [-0.3, -0.25) is 0 Å². The van der Waals surface area contributed by atoms with Crippen molar-refractivity contribution < 1.29 is 34.7 Å². The zero-order valence-corrected chi connectivity index (χ0v) is 6.71. The minimum Gasteiger partial charge on any atom is -0.147 e. The molecule has 0 aromatic carbocycles. The van der Waals surface area contributed by atoms with Gasteiger partial charge in [0.05, 0.1) is 0 Å². The first-order chi connectivity index (χ1) is 0. The molecule has 0 aliphatic rings. The van der Waals surface area contributed by atoms with Crippen molar-refractivity contribution >= 4 is 29.4 Å². The Morgan fingerprint density at radius 2 is 0.750 bits per heavy atom. The molecule has 0 unspecified atom stereocenters. The van der Waals surface area contributed by atoms with E-state index in [1.807, 2.05) is 0 Å². The second kappa shape index (κ2) is 21.1. The number of hydrogen-bond donors (Lipinski definition) is 0. The Balaban J connectivity index is 0. The molecule has 0 aromatic rings. The van der Waals surface area contributed by atoms with E-state index in [2.05, 4.69) is 0 Å². The number of rotatable bonds is 0. The molecule has 0 heterocycles. The van der Waals surface area contributed by atoms with E-state index in [1.165, 1.54) is 0 Å². The Kier molecular flexibility index (Phi) is 214. The molecule has 0 fully saturated rings. The maximum Gasteiger partial charge on any atom is 0 e. The van der Waals surface area contributed by atoms with Gasteiger partial charge in [-0.2, -0.15) is 0 Å². The molecule has 0 aromatic heterocycles. The maximum absolute atomic E-state index is 0. The van der Waals surface area contributed by atoms with Crippen molar-refractivity contribution in [1.82, 2.24) is 0 Å². The summed E-state index contributed by atoms with van der Waals surface area (Å²) in [7, 11) is 0. The molecule has 4 heteroatoms. The molecule has 0 saturated carbocycles. The number of halogens is 2. The Bertz CT molecular complexity index is 6.00. The van der Waals surface area contributed by atoms with E-state index in [-0.39, 0.29) is 64.1 Å². The summed E-state index contributed by atoms with van der Waals surface area (Å²) in [5, 5.41) is 0. The zero-order valence-electron chi connectivity index (χ0n) is 1.63. The second-order valence-corrected chi connectivity index (χ2v) is 0. The summed E-state index contributed by atoms with van der Waals surface area (Å²) in [5.41, 5.74) is 0. The van der Waals surface area contributed by atoms with Crippen molar-refractivity contribution in [3.63, 3.8) is 0 Å². The normalized spacial score (nSPS) is 0. The molecule has 0 amide bonds. The average molecular weight is 221 g/mol. The summed E-state index contributed by atoms with van der Waals surface area (Å²) < 4.78 is 0. The topological polar surface area (TPSA) is 0 Å². The van der Waals surface area contributed by atoms with Gasteiger partial charge < -0.3 is 0 Å². The fraction of sp³-hybridized carbons (Fsp3) is 0. The molecule has 0 aliphatic carbocycles. The van der Waals surface area contributed by atoms with Crippen molar-refractivity contribution in [2.45, 2.75) is 0 Å². The number of hydrogen-bond acceptors (Lipinski definition) is 0. The van der Waals surface area contributed by atoms with Gasteiger partial charge in [-0.25, -0.2) is 0 Å². The molecule has 0 N–H and O–H groups in total. The minimum absolute atomic E-state index is 0. The first-order valence-electron chi connectivity index (χ1n) is 0. The Hall–Kier alpha value is 1.83. The molecule has 0 atom stereocenters. The van der Waals surface area contributed by atoms with Crippen molar-refractivity contribution in [3.05, 3.63) is 0 Å². The average Bonchev–Trinajstić information content (AvgIpc) is 0. The van der Waals surface area contributed by atoms with E-state index >= 15 is 0 Å². The molecule has 0 nitrogen and oxygen atoms in total. The van der Waals surface area contributed by atoms with Crippen LogP contribution < -0.4 is 0 Å². The third-order valence-electron chi connectivity index (χ3n) is 0. The largest absolute Gasteiger partial charge is 0.147 e. The third kappa shape index (κ3) is 9.15. The molecule has 0 aliphatic heterocycles. The molecule has 0 rings (SSSR count). The quantitative estimate of drug-likeness (QED) is 0.572. The molecule has 0 saturated heterocycles. The first-order valence-corrected chi connectivity index (χ1v) is 0. The summed E-state index contributed by atoms with van der Waals surface area (Å²) in [6.45, 7) is 0. The fourth-order valence-corrected chi connectivity index (χ4v) is 0. The van der Waals surface area contributed by atoms with Crippen LogP contribution in [0.3, 0.4) is 0 Å². The van der Waals surface area contributed by atoms with Crippen molar-refractivity contribution in [2.75, 3.05) is 0 Å². The Labute approximate surface area is 63.8 Å². The molecule has 28 valence electrons. The van der Waals surface area contributed by atoms with E-state index in [0.29, 0.717) is 0 Å². The predicted octanol–water partition coefficient (Wildman–Crippen LogP) is 0.995. The van der Waals surface area contributed by atoms with Crippen LogP contribution in [0, 0.1) is 0 Å². The van der Waals surface area contributed by atoms with Gasteiger partial charge in [0.2, 0.25) is 0 Å². The van der Waals surface area contributed by atoms with Gasteiger partial charge >= 0.3 is 0 Å². The Morgan fingerprint density at radius 3 is 0.750 bits per heavy atom. The second-order valence-electron chi connectivity index (χ2n) is 0. The van der Waals surface area contributed by atoms with Gasteiger partial charge in [-0.15, -0.1) is 29.4 Å². The summed E-state index contributed by atoms with van der Waals surface area (Å²) >= 11 is 0. The third-order valence-corrected chi connectivity index (χ3v) is 0. The van der Waals surface area contributed by atoms with Crippen LogP contribution in [-0.2, 0) is 34.7 Å². The van der Waals surface area contributed by atoms with Crippen LogP contribution in [0.15, 0.2) is 0 Å². The zero-order chi connectivity index (χ0) is 0. The molecular weight excluding hydrogens is 219 g/mol.